The zero-order chi connectivity index (χ0) is 13.9. The number of likely N-dealkylation sites (tertiary alicyclic amines) is 1. The van der Waals surface area contributed by atoms with Crippen molar-refractivity contribution in [3.8, 4) is 0 Å². The highest BCUT2D eigenvalue weighted by Gasteiger charge is 2.37. The zero-order valence-corrected chi connectivity index (χ0v) is 12.1. The van der Waals surface area contributed by atoms with Crippen molar-refractivity contribution >= 4 is 5.84 Å². The summed E-state index contributed by atoms with van der Waals surface area (Å²) in [5.74, 6) is 0.380. The van der Waals surface area contributed by atoms with Gasteiger partial charge in [-0.05, 0) is 51.6 Å². The van der Waals surface area contributed by atoms with Gasteiger partial charge < -0.3 is 20.6 Å². The predicted molar refractivity (Wildman–Crippen MR) is 75.4 cm³/mol. The van der Waals surface area contributed by atoms with E-state index in [1.54, 1.807) is 0 Å². The highest BCUT2D eigenvalue weighted by atomic mass is 16.5. The first kappa shape index (κ1) is 14.6. The average Bonchev–Trinajstić information content (AvgIpc) is 2.47. The first-order valence-corrected chi connectivity index (χ1v) is 7.34. The largest absolute Gasteiger partial charge is 0.409 e. The monoisotopic (exact) mass is 269 g/mol. The third-order valence-electron chi connectivity index (χ3n) is 5.08. The molecule has 2 rings (SSSR count). The molecule has 0 aromatic rings. The molecule has 19 heavy (non-hydrogen) atoms. The molecular weight excluding hydrogens is 242 g/mol. The van der Waals surface area contributed by atoms with Gasteiger partial charge in [0.25, 0.3) is 0 Å². The van der Waals surface area contributed by atoms with Gasteiger partial charge >= 0.3 is 0 Å². The molecular formula is C14H27N3O2. The van der Waals surface area contributed by atoms with E-state index in [1.807, 2.05) is 7.11 Å². The van der Waals surface area contributed by atoms with Crippen LogP contribution in [0.2, 0.25) is 0 Å². The first-order chi connectivity index (χ1) is 9.09. The van der Waals surface area contributed by atoms with Gasteiger partial charge in [-0.2, -0.15) is 0 Å². The Kier molecular flexibility index (Phi) is 4.68. The number of piperidine rings is 1. The highest BCUT2D eigenvalue weighted by molar-refractivity contribution is 5.85. The van der Waals surface area contributed by atoms with E-state index in [9.17, 15) is 0 Å². The van der Waals surface area contributed by atoms with Gasteiger partial charge in [-0.1, -0.05) is 12.1 Å². The molecule has 1 saturated carbocycles. The van der Waals surface area contributed by atoms with E-state index >= 15 is 0 Å². The fourth-order valence-electron chi connectivity index (χ4n) is 3.43. The van der Waals surface area contributed by atoms with Crippen molar-refractivity contribution < 1.29 is 9.94 Å². The van der Waals surface area contributed by atoms with Gasteiger partial charge in [0.15, 0.2) is 0 Å². The molecule has 2 fully saturated rings. The van der Waals surface area contributed by atoms with Crippen LogP contribution in [0.4, 0.5) is 0 Å². The summed E-state index contributed by atoms with van der Waals surface area (Å²) in [5.41, 5.74) is 5.67. The van der Waals surface area contributed by atoms with E-state index in [4.69, 9.17) is 15.7 Å². The van der Waals surface area contributed by atoms with Gasteiger partial charge in [-0.15, -0.1) is 0 Å². The molecule has 0 aromatic heterocycles. The predicted octanol–water partition coefficient (Wildman–Crippen LogP) is 1.79. The van der Waals surface area contributed by atoms with E-state index in [0.717, 1.165) is 32.4 Å². The van der Waals surface area contributed by atoms with Crippen LogP contribution in [0.3, 0.4) is 0 Å². The molecule has 5 heteroatoms. The third kappa shape index (κ3) is 3.20. The summed E-state index contributed by atoms with van der Waals surface area (Å²) >= 11 is 0. The second-order valence-corrected chi connectivity index (χ2v) is 6.26. The number of rotatable bonds is 3. The molecule has 1 aliphatic carbocycles. The molecule has 110 valence electrons. The van der Waals surface area contributed by atoms with E-state index in [0.29, 0.717) is 18.0 Å². The topological polar surface area (TPSA) is 71.1 Å². The molecule has 1 saturated heterocycles. The van der Waals surface area contributed by atoms with Crippen molar-refractivity contribution in [1.29, 1.82) is 0 Å². The number of hydrogen-bond acceptors (Lipinski definition) is 4. The van der Waals surface area contributed by atoms with E-state index in [-0.39, 0.29) is 5.41 Å². The molecule has 2 unspecified atom stereocenters. The van der Waals surface area contributed by atoms with Crippen LogP contribution in [-0.4, -0.2) is 48.3 Å². The summed E-state index contributed by atoms with van der Waals surface area (Å²) in [6.07, 6.45) is 7.25. The maximum Gasteiger partial charge on any atom is 0.145 e. The Morgan fingerprint density at radius 1 is 1.37 bits per heavy atom. The molecule has 1 aliphatic heterocycles. The number of ether oxygens (including phenoxy) is 1. The number of methoxy groups -OCH3 is 1. The van der Waals surface area contributed by atoms with E-state index in [1.165, 1.54) is 19.3 Å². The summed E-state index contributed by atoms with van der Waals surface area (Å²) in [4.78, 5) is 2.57. The Labute approximate surface area is 115 Å². The van der Waals surface area contributed by atoms with Gasteiger partial charge in [-0.3, -0.25) is 0 Å². The SMILES string of the molecule is COC1CCCC(N2CCC(C)(C(N)=NO)CC2)C1. The third-order valence-corrected chi connectivity index (χ3v) is 5.08. The quantitative estimate of drug-likeness (QED) is 0.355. The Morgan fingerprint density at radius 2 is 2.05 bits per heavy atom. The van der Waals surface area contributed by atoms with Crippen LogP contribution in [0.15, 0.2) is 5.16 Å². The molecule has 0 aromatic carbocycles. The minimum absolute atomic E-state index is 0.138. The van der Waals surface area contributed by atoms with Crippen molar-refractivity contribution in [3.05, 3.63) is 0 Å². The Morgan fingerprint density at radius 3 is 2.63 bits per heavy atom. The van der Waals surface area contributed by atoms with Crippen molar-refractivity contribution in [2.75, 3.05) is 20.2 Å². The van der Waals surface area contributed by atoms with Crippen molar-refractivity contribution in [2.45, 2.75) is 57.6 Å². The molecule has 0 amide bonds. The normalized spacial score (nSPS) is 33.3. The van der Waals surface area contributed by atoms with Gasteiger partial charge in [-0.25, -0.2) is 0 Å². The van der Waals surface area contributed by atoms with Crippen LogP contribution in [0.25, 0.3) is 0 Å². The molecule has 0 spiro atoms. The van der Waals surface area contributed by atoms with E-state index < -0.39 is 0 Å². The lowest BCUT2D eigenvalue weighted by Crippen LogP contribution is -2.50. The molecule has 1 heterocycles. The first-order valence-electron chi connectivity index (χ1n) is 7.34. The minimum Gasteiger partial charge on any atom is -0.409 e. The van der Waals surface area contributed by atoms with Crippen LogP contribution in [0.5, 0.6) is 0 Å². The fraction of sp³-hybridized carbons (Fsp3) is 0.929. The standard InChI is InChI=1S/C14H27N3O2/c1-14(13(15)16-18)6-8-17(9-7-14)11-4-3-5-12(10-11)19-2/h11-12,18H,3-10H2,1-2H3,(H2,15,16). The smallest absolute Gasteiger partial charge is 0.145 e. The van der Waals surface area contributed by atoms with Gasteiger partial charge in [0.05, 0.1) is 6.10 Å². The zero-order valence-electron chi connectivity index (χ0n) is 12.1. The summed E-state index contributed by atoms with van der Waals surface area (Å²) < 4.78 is 5.51. The number of amidine groups is 1. The summed E-state index contributed by atoms with van der Waals surface area (Å²) in [6.45, 7) is 4.17. The van der Waals surface area contributed by atoms with Crippen LogP contribution in [-0.2, 0) is 4.74 Å². The Bertz CT molecular complexity index is 325. The van der Waals surface area contributed by atoms with Gasteiger partial charge in [0, 0.05) is 18.6 Å². The summed E-state index contributed by atoms with van der Waals surface area (Å²) in [6, 6.07) is 0.649. The fourth-order valence-corrected chi connectivity index (χ4v) is 3.43. The Hall–Kier alpha value is -0.810. The number of oxime groups is 1. The maximum atomic E-state index is 8.87. The second-order valence-electron chi connectivity index (χ2n) is 6.26. The molecule has 2 aliphatic rings. The molecule has 2 atom stereocenters. The number of nitrogens with two attached hydrogens (primary N) is 1. The van der Waals surface area contributed by atoms with Crippen LogP contribution < -0.4 is 5.73 Å². The summed E-state index contributed by atoms with van der Waals surface area (Å²) in [7, 11) is 1.82. The molecule has 0 radical (unpaired) electrons. The maximum absolute atomic E-state index is 8.87. The molecule has 0 bridgehead atoms. The van der Waals surface area contributed by atoms with Crippen molar-refractivity contribution in [2.24, 2.45) is 16.3 Å². The number of nitrogens with zero attached hydrogens (tertiary/aromatic N) is 2. The minimum atomic E-state index is -0.138. The molecule has 5 nitrogen and oxygen atoms in total. The van der Waals surface area contributed by atoms with E-state index in [2.05, 4.69) is 17.0 Å². The van der Waals surface area contributed by atoms with Gasteiger partial charge in [0.1, 0.15) is 5.84 Å². The van der Waals surface area contributed by atoms with Crippen molar-refractivity contribution in [1.82, 2.24) is 4.90 Å². The lowest BCUT2D eigenvalue weighted by Gasteiger charge is -2.44. The van der Waals surface area contributed by atoms with Crippen LogP contribution in [0.1, 0.15) is 45.4 Å². The second kappa shape index (κ2) is 6.09. The number of hydrogen-bond donors (Lipinski definition) is 2. The summed E-state index contributed by atoms with van der Waals surface area (Å²) in [5, 5.41) is 12.1. The average molecular weight is 269 g/mol. The lowest BCUT2D eigenvalue weighted by molar-refractivity contribution is 0.0145. The van der Waals surface area contributed by atoms with Gasteiger partial charge in [0.2, 0.25) is 0 Å². The van der Waals surface area contributed by atoms with Crippen LogP contribution >= 0.6 is 0 Å². The Balaban J connectivity index is 1.89. The van der Waals surface area contributed by atoms with Crippen molar-refractivity contribution in [3.63, 3.8) is 0 Å². The lowest BCUT2D eigenvalue weighted by atomic mass is 9.78. The highest BCUT2D eigenvalue weighted by Crippen LogP contribution is 2.34. The molecule has 3 N–H and O–H groups in total. The van der Waals surface area contributed by atoms with Crippen LogP contribution in [0, 0.1) is 5.41 Å².